The minimum Gasteiger partial charge on any atom is -0.508 e. The Kier molecular flexibility index (Phi) is 19.6. The molecule has 4 aromatic rings. The summed E-state index contributed by atoms with van der Waals surface area (Å²) in [6.45, 7) is 3.52. The number of Topliss-reactive ketones (excluding diaryl/α,β-unsaturated/α-hetero) is 2. The highest BCUT2D eigenvalue weighted by Crippen LogP contribution is 2.58. The summed E-state index contributed by atoms with van der Waals surface area (Å²) < 4.78 is 12.9. The molecule has 1 aliphatic carbocycles. The molecule has 12 nitrogen and oxygen atoms in total. The standard InChI is InChI=1S/C56H74N2O10S4/c1-4-5-6-9-52-56-20-18-37(25-51(56)66)50(27-41(64)15-11-35-13-17-49(65)54(67-3)53(35)42-16-12-34-10-14-40(63)26-43(34)46(42)32-70-72-56)68-55-45-24-38(30-61)48(57-29-33(2)62)28-44(45)36(19-22-60)23-39(31-69-71-52)47(58-55)8-7-21-59/h10,12-14,16-17,24,26,28,36-37,39,47,50-52,55,57-61,63,65-66H,4-9,11,15,18-23,25,27,29-32H2,1-3H3/t36-,37+,39-,47+,50-,51-,52-,55+,56+/m0/s1. The number of ketones is 2. The first-order valence-electron chi connectivity index (χ1n) is 26.0. The summed E-state index contributed by atoms with van der Waals surface area (Å²) in [6, 6.07) is 16.8. The number of rotatable bonds is 14. The van der Waals surface area contributed by atoms with Crippen molar-refractivity contribution in [2.75, 3.05) is 37.9 Å². The number of carbonyl (C=O) groups is 2. The van der Waals surface area contributed by atoms with Crippen LogP contribution in [0.1, 0.15) is 137 Å². The quantitative estimate of drug-likeness (QED) is 0.0438. The summed E-state index contributed by atoms with van der Waals surface area (Å²) in [5.74, 6) is 1.46. The van der Waals surface area contributed by atoms with Gasteiger partial charge in [0.2, 0.25) is 0 Å². The van der Waals surface area contributed by atoms with Crippen molar-refractivity contribution in [2.24, 2.45) is 11.8 Å². The van der Waals surface area contributed by atoms with Crippen LogP contribution in [0, 0.1) is 11.8 Å². The van der Waals surface area contributed by atoms with Crippen LogP contribution in [0.25, 0.3) is 21.9 Å². The number of anilines is 1. The number of benzene rings is 4. The minimum absolute atomic E-state index is 0.00530. The number of ether oxygens (including phenoxy) is 2. The first kappa shape index (κ1) is 55.1. The molecule has 0 aromatic heterocycles. The van der Waals surface area contributed by atoms with Gasteiger partial charge in [-0.2, -0.15) is 0 Å². The smallest absolute Gasteiger partial charge is 0.168 e. The Morgan fingerprint density at radius 2 is 1.76 bits per heavy atom. The van der Waals surface area contributed by atoms with Crippen LogP contribution >= 0.6 is 43.2 Å². The number of nitrogens with one attached hydrogen (secondary N) is 2. The second-order valence-corrected chi connectivity index (χ2v) is 25.6. The van der Waals surface area contributed by atoms with E-state index in [9.17, 15) is 40.2 Å². The van der Waals surface area contributed by atoms with Crippen LogP contribution in [0.15, 0.2) is 54.6 Å². The largest absolute Gasteiger partial charge is 0.508 e. The topological polar surface area (TPSA) is 198 Å². The van der Waals surface area contributed by atoms with Crippen LogP contribution in [0.2, 0.25) is 0 Å². The number of unbranched alkanes of at least 4 members (excludes halogenated alkanes) is 2. The molecule has 392 valence electrons. The average molecular weight is 1060 g/mol. The second kappa shape index (κ2) is 25.6. The Balaban J connectivity index is 1.31. The van der Waals surface area contributed by atoms with E-state index in [1.54, 1.807) is 46.9 Å². The van der Waals surface area contributed by atoms with Gasteiger partial charge in [-0.3, -0.25) is 14.9 Å². The molecule has 9 rings (SSSR count). The van der Waals surface area contributed by atoms with Crippen molar-refractivity contribution in [2.45, 2.75) is 156 Å². The molecule has 0 spiro atoms. The van der Waals surface area contributed by atoms with E-state index in [4.69, 9.17) is 9.47 Å². The zero-order valence-corrected chi connectivity index (χ0v) is 45.2. The molecule has 9 atom stereocenters. The number of aryl methyl sites for hydroxylation is 1. The normalized spacial score (nSPS) is 27.1. The fraction of sp³-hybridized carbons (Fsp3) is 0.571. The van der Waals surface area contributed by atoms with Gasteiger partial charge in [-0.25, -0.2) is 0 Å². The van der Waals surface area contributed by atoms with Gasteiger partial charge in [0.05, 0.1) is 37.2 Å². The van der Waals surface area contributed by atoms with Gasteiger partial charge in [-0.1, -0.05) is 93.6 Å². The molecule has 1 saturated carbocycles. The van der Waals surface area contributed by atoms with E-state index in [-0.39, 0.29) is 91.3 Å². The van der Waals surface area contributed by atoms with Crippen molar-refractivity contribution in [1.29, 1.82) is 0 Å². The lowest BCUT2D eigenvalue weighted by Crippen LogP contribution is -2.53. The lowest BCUT2D eigenvalue weighted by Gasteiger charge is -2.50. The molecule has 0 unspecified atom stereocenters. The maximum atomic E-state index is 14.9. The molecule has 4 aromatic carbocycles. The van der Waals surface area contributed by atoms with E-state index in [2.05, 4.69) is 23.6 Å². The van der Waals surface area contributed by atoms with Gasteiger partial charge < -0.3 is 45.4 Å². The third kappa shape index (κ3) is 12.4. The van der Waals surface area contributed by atoms with E-state index in [1.807, 2.05) is 51.9 Å². The Hall–Kier alpha value is -3.16. The molecule has 8 N–H and O–H groups in total. The molecular formula is C56H74N2O10S4. The zero-order valence-electron chi connectivity index (χ0n) is 41.9. The number of fused-ring (bicyclic) bond motifs is 10. The molecule has 4 aliphatic heterocycles. The number of aliphatic hydroxyl groups excluding tert-OH is 4. The van der Waals surface area contributed by atoms with Crippen molar-refractivity contribution in [3.63, 3.8) is 0 Å². The minimum atomic E-state index is -0.752. The maximum absolute atomic E-state index is 14.9. The number of phenols is 2. The van der Waals surface area contributed by atoms with Crippen LogP contribution < -0.4 is 15.4 Å². The molecule has 16 heteroatoms. The lowest BCUT2D eigenvalue weighted by atomic mass is 9.73. The third-order valence-electron chi connectivity index (χ3n) is 15.6. The maximum Gasteiger partial charge on any atom is 0.168 e. The van der Waals surface area contributed by atoms with E-state index in [1.165, 1.54) is 6.92 Å². The van der Waals surface area contributed by atoms with Gasteiger partial charge in [0.25, 0.3) is 0 Å². The van der Waals surface area contributed by atoms with Crippen molar-refractivity contribution in [3.05, 3.63) is 82.4 Å². The van der Waals surface area contributed by atoms with Crippen LogP contribution in [0.3, 0.4) is 0 Å². The second-order valence-electron chi connectivity index (χ2n) is 20.4. The number of phenolic OH excluding ortho intramolecular Hbond substituents is 2. The summed E-state index contributed by atoms with van der Waals surface area (Å²) in [7, 11) is 8.80. The fourth-order valence-electron chi connectivity index (χ4n) is 11.8. The van der Waals surface area contributed by atoms with Gasteiger partial charge in [0.15, 0.2) is 11.5 Å². The van der Waals surface area contributed by atoms with Gasteiger partial charge in [0, 0.05) is 65.7 Å². The number of aliphatic hydroxyl groups is 4. The molecule has 3 fully saturated rings. The number of hydrogen-bond acceptors (Lipinski definition) is 16. The van der Waals surface area contributed by atoms with Gasteiger partial charge in [0.1, 0.15) is 23.5 Å². The first-order valence-corrected chi connectivity index (χ1v) is 30.7. The molecule has 0 amide bonds. The number of carbonyl (C=O) groups excluding carboxylic acids is 2. The average Bonchev–Trinajstić information content (AvgIpc) is 3.36. The monoisotopic (exact) mass is 1060 g/mol. The molecule has 4 heterocycles. The Bertz CT molecular complexity index is 2510. The molecule has 2 saturated heterocycles. The molecule has 0 radical (unpaired) electrons. The summed E-state index contributed by atoms with van der Waals surface area (Å²) in [5, 5.41) is 76.3. The summed E-state index contributed by atoms with van der Waals surface area (Å²) in [5.41, 5.74) is 6.36. The fourth-order valence-corrected chi connectivity index (χ4v) is 19.5. The van der Waals surface area contributed by atoms with Crippen LogP contribution in [0.5, 0.6) is 17.2 Å². The van der Waals surface area contributed by atoms with Crippen molar-refractivity contribution in [3.8, 4) is 28.4 Å². The Morgan fingerprint density at radius 3 is 2.51 bits per heavy atom. The van der Waals surface area contributed by atoms with E-state index in [0.29, 0.717) is 66.8 Å². The van der Waals surface area contributed by atoms with E-state index < -0.39 is 23.2 Å². The predicted molar refractivity (Wildman–Crippen MR) is 295 cm³/mol. The zero-order chi connectivity index (χ0) is 50.9. The molecule has 5 bridgehead atoms. The van der Waals surface area contributed by atoms with E-state index >= 15 is 0 Å². The summed E-state index contributed by atoms with van der Waals surface area (Å²) in [4.78, 5) is 27.1. The lowest BCUT2D eigenvalue weighted by molar-refractivity contribution is -0.130. The molecule has 5 aliphatic rings. The third-order valence-corrected chi connectivity index (χ3v) is 22.1. The number of methoxy groups -OCH3 is 1. The Labute approximate surface area is 440 Å². The van der Waals surface area contributed by atoms with E-state index in [0.717, 1.165) is 82.9 Å². The Morgan fingerprint density at radius 1 is 0.931 bits per heavy atom. The van der Waals surface area contributed by atoms with Gasteiger partial charge in [-0.05, 0) is 151 Å². The molecule has 72 heavy (non-hydrogen) atoms. The highest BCUT2D eigenvalue weighted by molar-refractivity contribution is 8.78. The summed E-state index contributed by atoms with van der Waals surface area (Å²) in [6.07, 6.45) is 6.93. The van der Waals surface area contributed by atoms with Crippen LogP contribution in [-0.4, -0.2) is 103 Å². The summed E-state index contributed by atoms with van der Waals surface area (Å²) >= 11 is 0. The highest BCUT2D eigenvalue weighted by atomic mass is 33.1. The van der Waals surface area contributed by atoms with Gasteiger partial charge >= 0.3 is 0 Å². The first-order chi connectivity index (χ1) is 34.9. The highest BCUT2D eigenvalue weighted by Gasteiger charge is 2.52. The van der Waals surface area contributed by atoms with Crippen molar-refractivity contribution >= 4 is 71.2 Å². The number of hydrogen-bond donors (Lipinski definition) is 8. The molecular weight excluding hydrogens is 989 g/mol. The van der Waals surface area contributed by atoms with Gasteiger partial charge in [-0.15, -0.1) is 0 Å². The SMILES string of the molecule is CCCCC[C@@H]1SSC[C@@H]2C[C@H](CCO)c3cc(NCC(C)=O)c(CO)cc3[C@H](N[C@@H]2CCCO)O[C@H]2CC(=O)CCc3ccc(O)c(OC)c3-c3ccc4ccc(O)cc4c3CSS[C@@]13CC[C@@H]2C[C@@H]3O. The van der Waals surface area contributed by atoms with Crippen molar-refractivity contribution in [1.82, 2.24) is 5.32 Å². The predicted octanol–water partition coefficient (Wildman–Crippen LogP) is 10.8. The number of aromatic hydroxyl groups is 2. The van der Waals surface area contributed by atoms with Crippen molar-refractivity contribution < 1.29 is 49.7 Å². The van der Waals surface area contributed by atoms with Crippen LogP contribution in [0.4, 0.5) is 5.69 Å². The van der Waals surface area contributed by atoms with Crippen LogP contribution in [-0.2, 0) is 33.1 Å².